The molecule has 0 N–H and O–H groups in total. The van der Waals surface area contributed by atoms with Crippen molar-refractivity contribution in [3.63, 3.8) is 0 Å². The van der Waals surface area contributed by atoms with Crippen molar-refractivity contribution in [2.75, 3.05) is 0 Å². The van der Waals surface area contributed by atoms with Crippen LogP contribution in [0.4, 0.5) is 0 Å². The van der Waals surface area contributed by atoms with E-state index in [-0.39, 0.29) is 11.4 Å². The Kier molecular flexibility index (Phi) is 11.0. The van der Waals surface area contributed by atoms with E-state index in [0.29, 0.717) is 73.1 Å². The molecule has 0 amide bonds. The molecule has 0 aliphatic rings. The first-order valence-corrected chi connectivity index (χ1v) is 28.7. The highest BCUT2D eigenvalue weighted by Gasteiger charge is 2.35. The fourth-order valence-electron chi connectivity index (χ4n) is 13.4. The summed E-state index contributed by atoms with van der Waals surface area (Å²) in [7, 11) is 0. The normalized spacial score (nSPS) is 11.6. The van der Waals surface area contributed by atoms with Gasteiger partial charge in [-0.25, -0.2) is 19.7 Å². The van der Waals surface area contributed by atoms with Crippen molar-refractivity contribution in [3.05, 3.63) is 269 Å². The maximum absolute atomic E-state index is 15.6. The summed E-state index contributed by atoms with van der Waals surface area (Å²) in [5.41, 5.74) is 11.1. The Morgan fingerprint density at radius 1 is 0.303 bits per heavy atom. The van der Waals surface area contributed by atoms with E-state index in [1.54, 1.807) is 6.07 Å². The van der Waals surface area contributed by atoms with Gasteiger partial charge in [-0.1, -0.05) is 133 Å². The van der Waals surface area contributed by atoms with Gasteiger partial charge in [-0.15, -0.1) is 0 Å². The Morgan fingerprint density at radius 2 is 0.607 bits per heavy atom. The number of benzene rings is 11. The number of hydrogen-bond acceptors (Lipinski definition) is 9. The van der Waals surface area contributed by atoms with Crippen molar-refractivity contribution in [2.24, 2.45) is 0 Å². The van der Waals surface area contributed by atoms with Crippen molar-refractivity contribution < 1.29 is 4.42 Å². The van der Waals surface area contributed by atoms with Crippen LogP contribution in [-0.4, -0.2) is 33.2 Å². The Hall–Kier alpha value is -13.2. The molecule has 0 bridgehead atoms. The van der Waals surface area contributed by atoms with Crippen molar-refractivity contribution in [3.8, 4) is 81.2 Å². The zero-order chi connectivity index (χ0) is 59.6. The van der Waals surface area contributed by atoms with Crippen molar-refractivity contribution in [1.82, 2.24) is 33.2 Å². The van der Waals surface area contributed by atoms with E-state index in [1.807, 2.05) is 188 Å². The maximum Gasteiger partial charge on any atom is 0.337 e. The first kappa shape index (κ1) is 50.3. The molecular weight excluding hydrogens is 1100 g/mol. The largest absolute Gasteiger partial charge is 0.420 e. The Labute approximate surface area is 504 Å². The summed E-state index contributed by atoms with van der Waals surface area (Å²) in [6.45, 7) is 0. The summed E-state index contributed by atoms with van der Waals surface area (Å²) in [4.78, 5) is 31.6. The van der Waals surface area contributed by atoms with E-state index in [2.05, 4.69) is 78.9 Å². The lowest BCUT2D eigenvalue weighted by Crippen LogP contribution is -2.16. The third kappa shape index (κ3) is 7.44. The Morgan fingerprint density at radius 3 is 0.978 bits per heavy atom. The third-order valence-corrected chi connectivity index (χ3v) is 17.1. The van der Waals surface area contributed by atoms with E-state index in [1.165, 1.54) is 6.07 Å². The second kappa shape index (κ2) is 19.4. The predicted molar refractivity (Wildman–Crippen MR) is 348 cm³/mol. The first-order chi connectivity index (χ1) is 43.9. The molecular formula is C76H39N11O2. The standard InChI is InChI=1S/C76H39N11O2/c77-40-44-27-31-63-54(35-44)50-19-7-11-23-59(50)84(63)69-68-58(76-82-74(48-15-3-1-4-16-48)81-75(83-76)49-17-5-2-6-18-49)39-67(88)89-73(68)72(87-62-26-14-10-22-53(62)57-38-47(43-80)30-34-66(57)87)71(86-61-25-13-9-21-52(61)56-37-46(42-79)29-33-65(56)86)70(69)85-60-24-12-8-20-51(60)55-36-45(41-78)28-32-64(55)85/h1-39H. The van der Waals surface area contributed by atoms with Crippen molar-refractivity contribution in [2.45, 2.75) is 0 Å². The molecule has 6 heterocycles. The summed E-state index contributed by atoms with van der Waals surface area (Å²) in [5, 5.41) is 49.4. The van der Waals surface area contributed by atoms with Crippen LogP contribution in [0.25, 0.3) is 155 Å². The lowest BCUT2D eigenvalue weighted by Gasteiger charge is -2.28. The Bertz CT molecular complexity index is 6140. The molecule has 89 heavy (non-hydrogen) atoms. The molecule has 0 unspecified atom stereocenters. The minimum absolute atomic E-state index is 0.155. The van der Waals surface area contributed by atoms with Crippen molar-refractivity contribution in [1.29, 1.82) is 21.0 Å². The van der Waals surface area contributed by atoms with Crippen LogP contribution in [-0.2, 0) is 0 Å². The third-order valence-electron chi connectivity index (χ3n) is 17.1. The van der Waals surface area contributed by atoms with E-state index in [0.717, 1.165) is 92.8 Å². The summed E-state index contributed by atoms with van der Waals surface area (Å²) >= 11 is 0. The van der Waals surface area contributed by atoms with Crippen LogP contribution in [0.15, 0.2) is 246 Å². The molecule has 0 aliphatic heterocycles. The number of nitrogens with zero attached hydrogens (tertiary/aromatic N) is 11. The molecule has 13 nitrogen and oxygen atoms in total. The monoisotopic (exact) mass is 1140 g/mol. The molecule has 11 aromatic carbocycles. The van der Waals surface area contributed by atoms with E-state index in [9.17, 15) is 21.0 Å². The Balaban J connectivity index is 1.23. The molecule has 6 aromatic heterocycles. The number of aromatic nitrogens is 7. The van der Waals surface area contributed by atoms with Gasteiger partial charge < -0.3 is 22.7 Å². The van der Waals surface area contributed by atoms with Gasteiger partial charge in [0.15, 0.2) is 23.1 Å². The average molecular weight is 1140 g/mol. The topological polar surface area (TPSA) is 184 Å². The second-order valence-electron chi connectivity index (χ2n) is 21.9. The molecule has 13 heteroatoms. The highest BCUT2D eigenvalue weighted by molar-refractivity contribution is 6.21. The molecule has 0 saturated carbocycles. The highest BCUT2D eigenvalue weighted by atomic mass is 16.4. The number of para-hydroxylation sites is 4. The van der Waals surface area contributed by atoms with Crippen LogP contribution in [0.3, 0.4) is 0 Å². The molecule has 17 aromatic rings. The molecule has 0 saturated heterocycles. The SMILES string of the molecule is N#Cc1ccc2c(c1)c1ccccc1n2-c1c(-n2c3ccccc3c3cc(C#N)ccc32)c(-n2c3ccccc3c3cc(C#N)ccc32)c2c(-c3nc(-c4ccccc4)nc(-c4ccccc4)n3)cc(=O)oc2c1-n1c2ccccc2c2cc(C#N)ccc21. The molecule has 410 valence electrons. The molecule has 0 fully saturated rings. The van der Waals surface area contributed by atoms with Gasteiger partial charge in [-0.3, -0.25) is 0 Å². The number of fused-ring (bicyclic) bond motifs is 13. The zero-order valence-corrected chi connectivity index (χ0v) is 46.8. The van der Waals surface area contributed by atoms with Crippen LogP contribution in [0, 0.1) is 45.3 Å². The lowest BCUT2D eigenvalue weighted by molar-refractivity contribution is 0.559. The summed E-state index contributed by atoms with van der Waals surface area (Å²) in [6, 6.07) is 85.5. The van der Waals surface area contributed by atoms with Crippen LogP contribution in [0.5, 0.6) is 0 Å². The molecule has 17 rings (SSSR count). The maximum atomic E-state index is 15.6. The van der Waals surface area contributed by atoms with E-state index in [4.69, 9.17) is 19.4 Å². The molecule has 0 spiro atoms. The second-order valence-corrected chi connectivity index (χ2v) is 21.9. The van der Waals surface area contributed by atoms with Gasteiger partial charge in [0.05, 0.1) is 107 Å². The predicted octanol–water partition coefficient (Wildman–Crippen LogP) is 16.9. The lowest BCUT2D eigenvalue weighted by atomic mass is 10.00. The summed E-state index contributed by atoms with van der Waals surface area (Å²) in [5.74, 6) is 0.907. The smallest absolute Gasteiger partial charge is 0.337 e. The molecule has 0 atom stereocenters. The quantitative estimate of drug-likeness (QED) is 0.140. The number of hydrogen-bond donors (Lipinski definition) is 0. The van der Waals surface area contributed by atoms with Crippen LogP contribution >= 0.6 is 0 Å². The van der Waals surface area contributed by atoms with Crippen LogP contribution in [0.1, 0.15) is 22.3 Å². The number of nitriles is 4. The summed E-state index contributed by atoms with van der Waals surface area (Å²) in [6.07, 6.45) is 0. The minimum Gasteiger partial charge on any atom is -0.420 e. The summed E-state index contributed by atoms with van der Waals surface area (Å²) < 4.78 is 16.0. The average Bonchev–Trinajstić information content (AvgIpc) is 1.64. The van der Waals surface area contributed by atoms with Gasteiger partial charge in [0.1, 0.15) is 11.4 Å². The van der Waals surface area contributed by atoms with Gasteiger partial charge in [0, 0.05) is 65.8 Å². The van der Waals surface area contributed by atoms with E-state index >= 15 is 4.79 Å². The number of rotatable bonds is 7. The highest BCUT2D eigenvalue weighted by Crippen LogP contribution is 2.52. The minimum atomic E-state index is -0.698. The van der Waals surface area contributed by atoms with Gasteiger partial charge in [-0.2, -0.15) is 21.0 Å². The fraction of sp³-hybridized carbons (Fsp3) is 0. The van der Waals surface area contributed by atoms with Gasteiger partial charge >= 0.3 is 5.63 Å². The molecule has 0 radical (unpaired) electrons. The molecule has 0 aliphatic carbocycles. The fourth-order valence-corrected chi connectivity index (χ4v) is 13.4. The first-order valence-electron chi connectivity index (χ1n) is 28.7. The zero-order valence-electron chi connectivity index (χ0n) is 46.8. The van der Waals surface area contributed by atoms with Crippen molar-refractivity contribution >= 4 is 98.2 Å². The van der Waals surface area contributed by atoms with E-state index < -0.39 is 5.63 Å². The van der Waals surface area contributed by atoms with Gasteiger partial charge in [0.25, 0.3) is 0 Å². The van der Waals surface area contributed by atoms with Gasteiger partial charge in [-0.05, 0) is 97.1 Å². The van der Waals surface area contributed by atoms with Crippen LogP contribution in [0.2, 0.25) is 0 Å². The van der Waals surface area contributed by atoms with Crippen LogP contribution < -0.4 is 5.63 Å². The van der Waals surface area contributed by atoms with Gasteiger partial charge in [0.2, 0.25) is 0 Å².